The second-order valence-electron chi connectivity index (χ2n) is 5.88. The minimum atomic E-state index is 0. The largest absolute Gasteiger partial charge is 0.379 e. The summed E-state index contributed by atoms with van der Waals surface area (Å²) >= 11 is 2.09. The molecule has 0 aromatic carbocycles. The first-order chi connectivity index (χ1) is 10.8. The first kappa shape index (κ1) is 21.3. The Balaban J connectivity index is 0.00000264. The summed E-state index contributed by atoms with van der Waals surface area (Å²) in [5, 5.41) is 4.21. The van der Waals surface area contributed by atoms with Gasteiger partial charge in [-0.05, 0) is 25.7 Å². The highest BCUT2D eigenvalue weighted by molar-refractivity contribution is 14.0. The van der Waals surface area contributed by atoms with Gasteiger partial charge < -0.3 is 19.7 Å². The summed E-state index contributed by atoms with van der Waals surface area (Å²) in [6.07, 6.45) is 4.90. The zero-order valence-electron chi connectivity index (χ0n) is 14.5. The van der Waals surface area contributed by atoms with Crippen LogP contribution in [0.2, 0.25) is 0 Å². The molecule has 1 N–H and O–H groups in total. The molecule has 0 aromatic rings. The Hall–Kier alpha value is 0.270. The fraction of sp³-hybridized carbons (Fsp3) is 0.938. The van der Waals surface area contributed by atoms with E-state index in [0.717, 1.165) is 63.5 Å². The Bertz CT molecular complexity index is 341. The number of ether oxygens (including phenoxy) is 2. The fourth-order valence-corrected chi connectivity index (χ4v) is 4.04. The first-order valence-electron chi connectivity index (χ1n) is 8.60. The van der Waals surface area contributed by atoms with Crippen LogP contribution in [0.1, 0.15) is 32.6 Å². The zero-order chi connectivity index (χ0) is 15.6. The number of thioether (sulfide) groups is 1. The van der Waals surface area contributed by atoms with Crippen LogP contribution in [0.4, 0.5) is 0 Å². The predicted molar refractivity (Wildman–Crippen MR) is 109 cm³/mol. The molecule has 0 aromatic heterocycles. The molecule has 2 atom stereocenters. The van der Waals surface area contributed by atoms with Crippen LogP contribution in [0, 0.1) is 0 Å². The fourth-order valence-electron chi connectivity index (χ4n) is 2.86. The molecule has 2 aliphatic rings. The molecule has 5 nitrogen and oxygen atoms in total. The van der Waals surface area contributed by atoms with Crippen molar-refractivity contribution >= 4 is 41.7 Å². The summed E-state index contributed by atoms with van der Waals surface area (Å²) in [4.78, 5) is 6.81. The highest BCUT2D eigenvalue weighted by Crippen LogP contribution is 2.20. The molecular formula is C16H32IN3O2S. The molecule has 2 rings (SSSR count). The lowest BCUT2D eigenvalue weighted by Crippen LogP contribution is -2.48. The normalized spacial score (nSPS) is 25.3. The lowest BCUT2D eigenvalue weighted by molar-refractivity contribution is 0.0168. The van der Waals surface area contributed by atoms with Crippen LogP contribution in [0.3, 0.4) is 0 Å². The van der Waals surface area contributed by atoms with Crippen molar-refractivity contribution in [2.75, 3.05) is 52.3 Å². The maximum atomic E-state index is 5.69. The van der Waals surface area contributed by atoms with Crippen LogP contribution in [-0.4, -0.2) is 74.5 Å². The molecule has 0 saturated carbocycles. The van der Waals surface area contributed by atoms with E-state index in [2.05, 4.69) is 33.9 Å². The number of nitrogens with one attached hydrogen (secondary N) is 1. The molecule has 2 fully saturated rings. The average Bonchev–Trinajstić information content (AvgIpc) is 3.07. The summed E-state index contributed by atoms with van der Waals surface area (Å²) in [6, 6.07) is 0. The lowest BCUT2D eigenvalue weighted by Gasteiger charge is -2.34. The summed E-state index contributed by atoms with van der Waals surface area (Å²) in [5.74, 6) is 2.24. The number of halogens is 1. The molecule has 0 bridgehead atoms. The Labute approximate surface area is 162 Å². The van der Waals surface area contributed by atoms with E-state index in [-0.39, 0.29) is 24.0 Å². The summed E-state index contributed by atoms with van der Waals surface area (Å²) in [6.45, 7) is 7.82. The second-order valence-corrected chi connectivity index (χ2v) is 7.29. The maximum Gasteiger partial charge on any atom is 0.193 e. The number of hydrogen-bond donors (Lipinski definition) is 1. The monoisotopic (exact) mass is 457 g/mol. The van der Waals surface area contributed by atoms with Crippen molar-refractivity contribution in [3.63, 3.8) is 0 Å². The zero-order valence-corrected chi connectivity index (χ0v) is 17.6. The van der Waals surface area contributed by atoms with Gasteiger partial charge in [0.2, 0.25) is 0 Å². The highest BCUT2D eigenvalue weighted by atomic mass is 127. The SMILES string of the molecule is CCC1CN(C(=NC)NCCCOCC2CCCO2)CCS1.I. The van der Waals surface area contributed by atoms with Gasteiger partial charge >= 0.3 is 0 Å². The van der Waals surface area contributed by atoms with Crippen LogP contribution < -0.4 is 5.32 Å². The lowest BCUT2D eigenvalue weighted by atomic mass is 10.2. The van der Waals surface area contributed by atoms with Crippen LogP contribution in [0.15, 0.2) is 4.99 Å². The van der Waals surface area contributed by atoms with Gasteiger partial charge in [-0.1, -0.05) is 6.92 Å². The number of nitrogens with zero attached hydrogens (tertiary/aromatic N) is 2. The van der Waals surface area contributed by atoms with Gasteiger partial charge in [0.25, 0.3) is 0 Å². The molecule has 23 heavy (non-hydrogen) atoms. The van der Waals surface area contributed by atoms with Gasteiger partial charge in [0.05, 0.1) is 12.7 Å². The third-order valence-corrected chi connectivity index (χ3v) is 5.55. The van der Waals surface area contributed by atoms with Crippen molar-refractivity contribution < 1.29 is 9.47 Å². The van der Waals surface area contributed by atoms with Gasteiger partial charge in [-0.15, -0.1) is 24.0 Å². The van der Waals surface area contributed by atoms with Crippen molar-refractivity contribution in [3.05, 3.63) is 0 Å². The Morgan fingerprint density at radius 3 is 3.04 bits per heavy atom. The molecule has 2 saturated heterocycles. The van der Waals surface area contributed by atoms with Gasteiger partial charge in [0.15, 0.2) is 5.96 Å². The summed E-state index contributed by atoms with van der Waals surface area (Å²) in [5.41, 5.74) is 0. The Morgan fingerprint density at radius 2 is 2.35 bits per heavy atom. The predicted octanol–water partition coefficient (Wildman–Crippen LogP) is 2.59. The smallest absolute Gasteiger partial charge is 0.193 e. The maximum absolute atomic E-state index is 5.69. The first-order valence-corrected chi connectivity index (χ1v) is 9.65. The average molecular weight is 457 g/mol. The molecule has 0 aliphatic carbocycles. The van der Waals surface area contributed by atoms with E-state index in [9.17, 15) is 0 Å². The number of hydrogen-bond acceptors (Lipinski definition) is 4. The van der Waals surface area contributed by atoms with Gasteiger partial charge in [-0.3, -0.25) is 4.99 Å². The summed E-state index contributed by atoms with van der Waals surface area (Å²) < 4.78 is 11.2. The number of aliphatic imine (C=N–C) groups is 1. The van der Waals surface area contributed by atoms with Gasteiger partial charge in [0, 0.05) is 50.9 Å². The van der Waals surface area contributed by atoms with Crippen molar-refractivity contribution in [2.24, 2.45) is 4.99 Å². The third kappa shape index (κ3) is 7.79. The Kier molecular flexibility index (Phi) is 11.7. The molecule has 136 valence electrons. The van der Waals surface area contributed by atoms with Crippen LogP contribution >= 0.6 is 35.7 Å². The third-order valence-electron chi connectivity index (χ3n) is 4.18. The molecule has 0 amide bonds. The van der Waals surface area contributed by atoms with E-state index in [4.69, 9.17) is 9.47 Å². The van der Waals surface area contributed by atoms with Crippen LogP contribution in [0.25, 0.3) is 0 Å². The van der Waals surface area contributed by atoms with Crippen molar-refractivity contribution in [2.45, 2.75) is 44.0 Å². The topological polar surface area (TPSA) is 46.1 Å². The van der Waals surface area contributed by atoms with E-state index < -0.39 is 0 Å². The van der Waals surface area contributed by atoms with Gasteiger partial charge in [-0.2, -0.15) is 11.8 Å². The Morgan fingerprint density at radius 1 is 1.48 bits per heavy atom. The molecular weight excluding hydrogens is 425 g/mol. The molecule has 0 radical (unpaired) electrons. The molecule has 2 unspecified atom stereocenters. The number of rotatable bonds is 7. The minimum Gasteiger partial charge on any atom is -0.379 e. The van der Waals surface area contributed by atoms with Crippen molar-refractivity contribution in [1.82, 2.24) is 10.2 Å². The quantitative estimate of drug-likeness (QED) is 0.276. The second kappa shape index (κ2) is 12.6. The van der Waals surface area contributed by atoms with E-state index >= 15 is 0 Å². The number of guanidine groups is 1. The van der Waals surface area contributed by atoms with Crippen LogP contribution in [-0.2, 0) is 9.47 Å². The van der Waals surface area contributed by atoms with Gasteiger partial charge in [-0.25, -0.2) is 0 Å². The molecule has 7 heteroatoms. The van der Waals surface area contributed by atoms with Crippen LogP contribution in [0.5, 0.6) is 0 Å². The van der Waals surface area contributed by atoms with E-state index in [0.29, 0.717) is 6.10 Å². The molecule has 2 aliphatic heterocycles. The van der Waals surface area contributed by atoms with E-state index in [1.807, 2.05) is 7.05 Å². The summed E-state index contributed by atoms with van der Waals surface area (Å²) in [7, 11) is 1.87. The van der Waals surface area contributed by atoms with Crippen molar-refractivity contribution in [3.8, 4) is 0 Å². The molecule has 2 heterocycles. The van der Waals surface area contributed by atoms with E-state index in [1.165, 1.54) is 18.6 Å². The van der Waals surface area contributed by atoms with Gasteiger partial charge in [0.1, 0.15) is 0 Å². The molecule has 0 spiro atoms. The van der Waals surface area contributed by atoms with E-state index in [1.54, 1.807) is 0 Å². The minimum absolute atomic E-state index is 0. The van der Waals surface area contributed by atoms with Crippen molar-refractivity contribution in [1.29, 1.82) is 0 Å². The highest BCUT2D eigenvalue weighted by Gasteiger charge is 2.21. The standard InChI is InChI=1S/C16H31N3O2S.HI/c1-3-15-12-19(8-11-22-15)16(17-2)18-7-5-9-20-13-14-6-4-10-21-14;/h14-15H,3-13H2,1-2H3,(H,17,18);1H.